The van der Waals surface area contributed by atoms with Crippen LogP contribution in [0.3, 0.4) is 0 Å². The lowest BCUT2D eigenvalue weighted by Crippen LogP contribution is -1.97. The first-order valence-electron chi connectivity index (χ1n) is 1.84. The minimum Gasteiger partial charge on any atom is -0.454 e. The van der Waals surface area contributed by atoms with Crippen LogP contribution in [0.2, 0.25) is 5.82 Å². The van der Waals surface area contributed by atoms with Crippen molar-refractivity contribution in [2.75, 3.05) is 4.43 Å². The molecule has 0 saturated heterocycles. The predicted molar refractivity (Wildman–Crippen MR) is 36.3 cm³/mol. The van der Waals surface area contributed by atoms with Crippen LogP contribution in [0.15, 0.2) is 0 Å². The summed E-state index contributed by atoms with van der Waals surface area (Å²) in [7, 11) is 1.21. The van der Waals surface area contributed by atoms with E-state index in [9.17, 15) is 0 Å². The van der Waals surface area contributed by atoms with Crippen molar-refractivity contribution in [1.29, 1.82) is 0 Å². The number of rotatable bonds is 2. The van der Waals surface area contributed by atoms with Crippen molar-refractivity contribution in [3.05, 3.63) is 0 Å². The SMILES string of the molecule is CC([B]O)CI. The van der Waals surface area contributed by atoms with E-state index in [1.807, 2.05) is 6.92 Å². The summed E-state index contributed by atoms with van der Waals surface area (Å²) in [6.45, 7) is 1.96. The summed E-state index contributed by atoms with van der Waals surface area (Å²) >= 11 is 2.22. The van der Waals surface area contributed by atoms with Crippen molar-refractivity contribution in [2.24, 2.45) is 0 Å². The topological polar surface area (TPSA) is 20.2 Å². The van der Waals surface area contributed by atoms with Crippen LogP contribution in [0.4, 0.5) is 0 Å². The standard InChI is InChI=1S/C3H7BIO/c1-3(2-5)4-6/h3,6H,2H2,1H3. The lowest BCUT2D eigenvalue weighted by Gasteiger charge is -1.93. The molecule has 0 fully saturated rings. The van der Waals surface area contributed by atoms with Crippen molar-refractivity contribution >= 4 is 30.1 Å². The molecule has 0 amide bonds. The van der Waals surface area contributed by atoms with Crippen LogP contribution in [0, 0.1) is 0 Å². The van der Waals surface area contributed by atoms with Crippen molar-refractivity contribution in [3.63, 3.8) is 0 Å². The maximum absolute atomic E-state index is 8.20. The zero-order valence-electron chi connectivity index (χ0n) is 3.69. The molecular formula is C3H7BIO. The molecule has 0 aliphatic rings. The van der Waals surface area contributed by atoms with Crippen LogP contribution in [0.25, 0.3) is 0 Å². The van der Waals surface area contributed by atoms with E-state index in [1.165, 1.54) is 7.48 Å². The van der Waals surface area contributed by atoms with Gasteiger partial charge in [0, 0.05) is 0 Å². The first kappa shape index (κ1) is 6.75. The summed E-state index contributed by atoms with van der Waals surface area (Å²) < 4.78 is 0.994. The fraction of sp³-hybridized carbons (Fsp3) is 1.00. The maximum Gasteiger partial charge on any atom is 0.291 e. The molecule has 0 aliphatic carbocycles. The van der Waals surface area contributed by atoms with Crippen LogP contribution in [-0.2, 0) is 0 Å². The highest BCUT2D eigenvalue weighted by Crippen LogP contribution is 2.02. The Bertz CT molecular complexity index is 30.0. The molecule has 6 heavy (non-hydrogen) atoms. The number of halogens is 1. The molecule has 1 radical (unpaired) electrons. The fourth-order valence-electron chi connectivity index (χ4n) is 0.0398. The van der Waals surface area contributed by atoms with E-state index in [0.717, 1.165) is 4.43 Å². The van der Waals surface area contributed by atoms with E-state index < -0.39 is 0 Å². The third-order valence-corrected chi connectivity index (χ3v) is 1.89. The van der Waals surface area contributed by atoms with E-state index in [1.54, 1.807) is 0 Å². The minimum atomic E-state index is 0.352. The van der Waals surface area contributed by atoms with Crippen molar-refractivity contribution in [3.8, 4) is 0 Å². The Morgan fingerprint density at radius 3 is 2.50 bits per heavy atom. The first-order chi connectivity index (χ1) is 2.81. The molecule has 0 rings (SSSR count). The van der Waals surface area contributed by atoms with Crippen molar-refractivity contribution in [1.82, 2.24) is 0 Å². The maximum atomic E-state index is 8.20. The second-order valence-corrected chi connectivity index (χ2v) is 2.16. The fourth-order valence-corrected chi connectivity index (χ4v) is 0.267. The summed E-state index contributed by atoms with van der Waals surface area (Å²) in [4.78, 5) is 0. The normalized spacial score (nSPS) is 13.8. The molecule has 0 heterocycles. The van der Waals surface area contributed by atoms with E-state index in [2.05, 4.69) is 22.6 Å². The van der Waals surface area contributed by atoms with Crippen LogP contribution in [-0.4, -0.2) is 16.9 Å². The van der Waals surface area contributed by atoms with Crippen LogP contribution >= 0.6 is 22.6 Å². The third kappa shape index (κ3) is 2.97. The predicted octanol–water partition coefficient (Wildman–Crippen LogP) is 0.841. The summed E-state index contributed by atoms with van der Waals surface area (Å²) in [5.74, 6) is 0.352. The molecule has 0 bridgehead atoms. The molecule has 0 aromatic heterocycles. The number of alkyl halides is 1. The quantitative estimate of drug-likeness (QED) is 0.395. The van der Waals surface area contributed by atoms with Gasteiger partial charge >= 0.3 is 0 Å². The second kappa shape index (κ2) is 3.93. The van der Waals surface area contributed by atoms with Gasteiger partial charge in [-0.3, -0.25) is 0 Å². The van der Waals surface area contributed by atoms with E-state index in [4.69, 9.17) is 5.02 Å². The molecule has 1 N–H and O–H groups in total. The van der Waals surface area contributed by atoms with Gasteiger partial charge in [0.05, 0.1) is 0 Å². The zero-order valence-corrected chi connectivity index (χ0v) is 5.84. The first-order valence-corrected chi connectivity index (χ1v) is 3.37. The molecule has 35 valence electrons. The summed E-state index contributed by atoms with van der Waals surface area (Å²) in [6, 6.07) is 0. The Labute approximate surface area is 52.5 Å². The smallest absolute Gasteiger partial charge is 0.291 e. The van der Waals surface area contributed by atoms with Gasteiger partial charge in [-0.2, -0.15) is 0 Å². The molecule has 0 aliphatic heterocycles. The van der Waals surface area contributed by atoms with Crippen LogP contribution in [0.1, 0.15) is 6.92 Å². The van der Waals surface area contributed by atoms with Gasteiger partial charge in [-0.25, -0.2) is 0 Å². The van der Waals surface area contributed by atoms with Gasteiger partial charge in [-0.05, 0) is 10.2 Å². The second-order valence-electron chi connectivity index (χ2n) is 1.28. The molecule has 1 nitrogen and oxygen atoms in total. The lowest BCUT2D eigenvalue weighted by molar-refractivity contribution is 0.589. The Balaban J connectivity index is 2.75. The Kier molecular flexibility index (Phi) is 4.42. The highest BCUT2D eigenvalue weighted by Gasteiger charge is 1.95. The molecule has 0 aromatic carbocycles. The molecule has 0 saturated carbocycles. The zero-order chi connectivity index (χ0) is 4.99. The lowest BCUT2D eigenvalue weighted by atomic mass is 9.85. The molecule has 3 heteroatoms. The van der Waals surface area contributed by atoms with Crippen LogP contribution < -0.4 is 0 Å². The van der Waals surface area contributed by atoms with Crippen molar-refractivity contribution in [2.45, 2.75) is 12.7 Å². The molecule has 0 aromatic rings. The van der Waals surface area contributed by atoms with Gasteiger partial charge in [-0.1, -0.05) is 29.5 Å². The van der Waals surface area contributed by atoms with E-state index >= 15 is 0 Å². The largest absolute Gasteiger partial charge is 0.454 e. The van der Waals surface area contributed by atoms with Gasteiger partial charge < -0.3 is 5.02 Å². The molecule has 0 spiro atoms. The van der Waals surface area contributed by atoms with Gasteiger partial charge in [0.15, 0.2) is 0 Å². The summed E-state index contributed by atoms with van der Waals surface area (Å²) in [5, 5.41) is 8.20. The van der Waals surface area contributed by atoms with Gasteiger partial charge in [0.2, 0.25) is 0 Å². The molecular weight excluding hydrogens is 190 g/mol. The number of hydrogen-bond donors (Lipinski definition) is 1. The summed E-state index contributed by atoms with van der Waals surface area (Å²) in [5.41, 5.74) is 0. The van der Waals surface area contributed by atoms with E-state index in [0.29, 0.717) is 5.82 Å². The minimum absolute atomic E-state index is 0.352. The number of hydrogen-bond acceptors (Lipinski definition) is 1. The molecule has 1 unspecified atom stereocenters. The van der Waals surface area contributed by atoms with Gasteiger partial charge in [0.25, 0.3) is 7.48 Å². The van der Waals surface area contributed by atoms with Crippen molar-refractivity contribution < 1.29 is 5.02 Å². The third-order valence-electron chi connectivity index (χ3n) is 0.498. The summed E-state index contributed by atoms with van der Waals surface area (Å²) in [6.07, 6.45) is 0. The average molecular weight is 197 g/mol. The Morgan fingerprint density at radius 1 is 2.00 bits per heavy atom. The monoisotopic (exact) mass is 197 g/mol. The van der Waals surface area contributed by atoms with Gasteiger partial charge in [-0.15, -0.1) is 0 Å². The highest BCUT2D eigenvalue weighted by atomic mass is 127. The highest BCUT2D eigenvalue weighted by molar-refractivity contribution is 14.1. The van der Waals surface area contributed by atoms with Crippen LogP contribution in [0.5, 0.6) is 0 Å². The average Bonchev–Trinajstić information content (AvgIpc) is 1.65. The van der Waals surface area contributed by atoms with Gasteiger partial charge in [0.1, 0.15) is 0 Å². The Hall–Kier alpha value is 0.755. The van der Waals surface area contributed by atoms with E-state index in [-0.39, 0.29) is 0 Å². The molecule has 1 atom stereocenters. The Morgan fingerprint density at radius 2 is 2.50 bits per heavy atom.